The van der Waals surface area contributed by atoms with E-state index in [2.05, 4.69) is 25.5 Å². The van der Waals surface area contributed by atoms with Crippen LogP contribution < -0.4 is 5.32 Å². The van der Waals surface area contributed by atoms with E-state index in [1.807, 2.05) is 80.6 Å². The highest BCUT2D eigenvalue weighted by molar-refractivity contribution is 7.99. The van der Waals surface area contributed by atoms with Gasteiger partial charge in [0.15, 0.2) is 5.82 Å². The second kappa shape index (κ2) is 8.92. The van der Waals surface area contributed by atoms with Gasteiger partial charge in [-0.2, -0.15) is 5.10 Å². The van der Waals surface area contributed by atoms with Crippen LogP contribution >= 0.6 is 11.8 Å². The van der Waals surface area contributed by atoms with E-state index in [4.69, 9.17) is 0 Å². The molecule has 2 aromatic carbocycles. The van der Waals surface area contributed by atoms with Gasteiger partial charge in [0.05, 0.1) is 5.69 Å². The number of carbonyl (C=O) groups excluding carboxylic acids is 1. The molecule has 1 amide bonds. The van der Waals surface area contributed by atoms with Crippen LogP contribution in [0.2, 0.25) is 0 Å². The highest BCUT2D eigenvalue weighted by Gasteiger charge is 2.14. The van der Waals surface area contributed by atoms with Gasteiger partial charge >= 0.3 is 0 Å². The first-order chi connectivity index (χ1) is 14.6. The predicted molar refractivity (Wildman–Crippen MR) is 119 cm³/mol. The van der Waals surface area contributed by atoms with Gasteiger partial charge in [-0.05, 0) is 48.5 Å². The van der Waals surface area contributed by atoms with Crippen molar-refractivity contribution in [1.82, 2.24) is 20.2 Å². The summed E-state index contributed by atoms with van der Waals surface area (Å²) in [6.45, 7) is 4.10. The Morgan fingerprint density at radius 2 is 1.77 bits per heavy atom. The molecule has 0 saturated carbocycles. The van der Waals surface area contributed by atoms with Crippen LogP contribution in [0.5, 0.6) is 0 Å². The van der Waals surface area contributed by atoms with Crippen molar-refractivity contribution in [2.24, 2.45) is 0 Å². The number of para-hydroxylation sites is 1. The lowest BCUT2D eigenvalue weighted by Gasteiger charge is -2.09. The molecule has 0 aliphatic carbocycles. The van der Waals surface area contributed by atoms with Gasteiger partial charge in [-0.1, -0.05) is 43.8 Å². The average Bonchev–Trinajstić information content (AvgIpc) is 3.26. The van der Waals surface area contributed by atoms with Crippen molar-refractivity contribution in [1.29, 1.82) is 0 Å². The molecule has 0 spiro atoms. The largest absolute Gasteiger partial charge is 0.321 e. The number of carbonyl (C=O) groups is 1. The number of nitrogens with zero attached hydrogens (tertiary/aromatic N) is 3. The molecule has 0 unspecified atom stereocenters. The highest BCUT2D eigenvalue weighted by Crippen LogP contribution is 2.28. The molecule has 0 aliphatic heterocycles. The third-order valence-corrected chi connectivity index (χ3v) is 5.40. The number of H-pyrrole nitrogens is 1. The van der Waals surface area contributed by atoms with Gasteiger partial charge in [0.25, 0.3) is 5.91 Å². The summed E-state index contributed by atoms with van der Waals surface area (Å²) in [6, 6.07) is 20.8. The predicted octanol–water partition coefficient (Wildman–Crippen LogP) is 5.39. The van der Waals surface area contributed by atoms with Gasteiger partial charge in [-0.25, -0.2) is 9.97 Å². The Morgan fingerprint density at radius 1 is 1.00 bits per heavy atom. The Kier molecular flexibility index (Phi) is 5.90. The van der Waals surface area contributed by atoms with Crippen LogP contribution in [0, 0.1) is 0 Å². The standard InChI is InChI=1S/C23H21N5OS/c1-15(2)21-26-22(28-27-21)18-7-3-4-8-19(18)25-23(29)16-10-12-17(13-11-16)30-20-9-5-6-14-24-20/h3-15H,1-2H3,(H,25,29)(H,26,27,28). The Balaban J connectivity index is 1.50. The lowest BCUT2D eigenvalue weighted by Crippen LogP contribution is -2.12. The number of hydrogen-bond donors (Lipinski definition) is 2. The summed E-state index contributed by atoms with van der Waals surface area (Å²) < 4.78 is 0. The maximum atomic E-state index is 12.8. The molecule has 4 aromatic rings. The number of pyridine rings is 1. The summed E-state index contributed by atoms with van der Waals surface area (Å²) >= 11 is 1.55. The molecule has 4 rings (SSSR count). The molecule has 7 heteroatoms. The van der Waals surface area contributed by atoms with Gasteiger partial charge in [-0.3, -0.25) is 9.89 Å². The van der Waals surface area contributed by atoms with Crippen molar-refractivity contribution >= 4 is 23.4 Å². The van der Waals surface area contributed by atoms with Crippen molar-refractivity contribution < 1.29 is 4.79 Å². The third kappa shape index (κ3) is 4.58. The minimum atomic E-state index is -0.184. The average molecular weight is 416 g/mol. The van der Waals surface area contributed by atoms with Crippen LogP contribution in [0.1, 0.15) is 35.9 Å². The number of nitrogens with one attached hydrogen (secondary N) is 2. The van der Waals surface area contributed by atoms with E-state index in [0.717, 1.165) is 21.3 Å². The van der Waals surface area contributed by atoms with Gasteiger partial charge in [0.2, 0.25) is 0 Å². The molecule has 0 fully saturated rings. The number of aromatic amines is 1. The number of rotatable bonds is 6. The summed E-state index contributed by atoms with van der Waals surface area (Å²) in [4.78, 5) is 22.7. The second-order valence-corrected chi connectivity index (χ2v) is 8.09. The third-order valence-electron chi connectivity index (χ3n) is 4.44. The van der Waals surface area contributed by atoms with Crippen molar-refractivity contribution in [3.63, 3.8) is 0 Å². The molecule has 0 saturated heterocycles. The minimum Gasteiger partial charge on any atom is -0.321 e. The fraction of sp³-hybridized carbons (Fsp3) is 0.130. The van der Waals surface area contributed by atoms with Crippen LogP contribution in [0.4, 0.5) is 5.69 Å². The number of anilines is 1. The van der Waals surface area contributed by atoms with Crippen molar-refractivity contribution in [2.45, 2.75) is 29.7 Å². The molecule has 150 valence electrons. The number of hydrogen-bond acceptors (Lipinski definition) is 5. The lowest BCUT2D eigenvalue weighted by atomic mass is 10.1. The number of aromatic nitrogens is 4. The van der Waals surface area contributed by atoms with E-state index in [-0.39, 0.29) is 11.8 Å². The fourth-order valence-electron chi connectivity index (χ4n) is 2.84. The van der Waals surface area contributed by atoms with Gasteiger partial charge in [0.1, 0.15) is 10.9 Å². The van der Waals surface area contributed by atoms with Crippen LogP contribution in [0.15, 0.2) is 82.8 Å². The maximum absolute atomic E-state index is 12.8. The normalized spacial score (nSPS) is 10.9. The molecular weight excluding hydrogens is 394 g/mol. The van der Waals surface area contributed by atoms with Gasteiger partial charge in [0, 0.05) is 28.1 Å². The molecule has 0 radical (unpaired) electrons. The van der Waals surface area contributed by atoms with Crippen LogP contribution in [0.25, 0.3) is 11.4 Å². The molecule has 0 aliphatic rings. The van der Waals surface area contributed by atoms with Crippen molar-refractivity contribution in [2.75, 3.05) is 5.32 Å². The zero-order valence-corrected chi connectivity index (χ0v) is 17.5. The molecule has 0 atom stereocenters. The molecule has 30 heavy (non-hydrogen) atoms. The lowest BCUT2D eigenvalue weighted by molar-refractivity contribution is 0.102. The Bertz CT molecular complexity index is 1140. The van der Waals surface area contributed by atoms with E-state index in [9.17, 15) is 4.79 Å². The topological polar surface area (TPSA) is 83.6 Å². The van der Waals surface area contributed by atoms with E-state index in [1.54, 1.807) is 18.0 Å². The Labute approximate surface area is 179 Å². The molecule has 6 nitrogen and oxygen atoms in total. The molecular formula is C23H21N5OS. The van der Waals surface area contributed by atoms with Crippen molar-refractivity contribution in [3.05, 3.63) is 84.3 Å². The zero-order valence-electron chi connectivity index (χ0n) is 16.7. The molecule has 2 N–H and O–H groups in total. The number of benzene rings is 2. The Hall–Kier alpha value is -3.45. The fourth-order valence-corrected chi connectivity index (χ4v) is 3.61. The smallest absolute Gasteiger partial charge is 0.255 e. The van der Waals surface area contributed by atoms with Crippen LogP contribution in [-0.2, 0) is 0 Å². The highest BCUT2D eigenvalue weighted by atomic mass is 32.2. The molecule has 2 aromatic heterocycles. The van der Waals surface area contributed by atoms with E-state index < -0.39 is 0 Å². The number of amides is 1. The first-order valence-corrected chi connectivity index (χ1v) is 10.4. The zero-order chi connectivity index (χ0) is 20.9. The Morgan fingerprint density at radius 3 is 2.47 bits per heavy atom. The molecule has 0 bridgehead atoms. The molecule has 2 heterocycles. The second-order valence-electron chi connectivity index (χ2n) is 6.99. The SMILES string of the molecule is CC(C)c1nc(-c2ccccc2NC(=O)c2ccc(Sc3ccccn3)cc2)n[nH]1. The summed E-state index contributed by atoms with van der Waals surface area (Å²) in [6.07, 6.45) is 1.76. The monoisotopic (exact) mass is 415 g/mol. The summed E-state index contributed by atoms with van der Waals surface area (Å²) in [5, 5.41) is 11.2. The summed E-state index contributed by atoms with van der Waals surface area (Å²) in [5.74, 6) is 1.44. The minimum absolute atomic E-state index is 0.184. The van der Waals surface area contributed by atoms with Gasteiger partial charge < -0.3 is 5.32 Å². The summed E-state index contributed by atoms with van der Waals surface area (Å²) in [7, 11) is 0. The van der Waals surface area contributed by atoms with E-state index in [1.165, 1.54) is 0 Å². The van der Waals surface area contributed by atoms with E-state index in [0.29, 0.717) is 17.1 Å². The van der Waals surface area contributed by atoms with Gasteiger partial charge in [-0.15, -0.1) is 0 Å². The first-order valence-electron chi connectivity index (χ1n) is 9.62. The van der Waals surface area contributed by atoms with Crippen molar-refractivity contribution in [3.8, 4) is 11.4 Å². The summed E-state index contributed by atoms with van der Waals surface area (Å²) in [5.41, 5.74) is 2.02. The first kappa shape index (κ1) is 19.8. The van der Waals surface area contributed by atoms with Crippen LogP contribution in [0.3, 0.4) is 0 Å². The van der Waals surface area contributed by atoms with Crippen LogP contribution in [-0.4, -0.2) is 26.1 Å². The van der Waals surface area contributed by atoms with E-state index >= 15 is 0 Å². The maximum Gasteiger partial charge on any atom is 0.255 e. The quantitative estimate of drug-likeness (QED) is 0.441.